The molecule has 2 rings (SSSR count). The largest absolute Gasteiger partial charge is 0.437 e. The number of aromatic nitrogens is 2. The Kier molecular flexibility index (Phi) is 4.16. The second kappa shape index (κ2) is 5.84. The Morgan fingerprint density at radius 2 is 2.16 bits per heavy atom. The van der Waals surface area contributed by atoms with Crippen LogP contribution in [0.2, 0.25) is 5.02 Å². The van der Waals surface area contributed by atoms with E-state index in [9.17, 15) is 4.39 Å². The molecule has 2 aromatic rings. The van der Waals surface area contributed by atoms with Crippen LogP contribution in [0.4, 0.5) is 10.2 Å². The Balaban J connectivity index is 2.35. The average Bonchev–Trinajstić information content (AvgIpc) is 2.37. The molecule has 0 spiro atoms. The molecule has 0 fully saturated rings. The minimum atomic E-state index is -0.423. The zero-order valence-electron chi connectivity index (χ0n) is 10.4. The molecule has 0 aliphatic carbocycles. The van der Waals surface area contributed by atoms with E-state index in [1.807, 2.05) is 6.92 Å². The van der Waals surface area contributed by atoms with Gasteiger partial charge in [0.25, 0.3) is 0 Å². The maximum atomic E-state index is 13.0. The third-order valence-electron chi connectivity index (χ3n) is 2.54. The first kappa shape index (κ1) is 13.5. The van der Waals surface area contributed by atoms with E-state index in [2.05, 4.69) is 9.97 Å². The molecule has 0 radical (unpaired) electrons. The molecule has 0 aliphatic rings. The van der Waals surface area contributed by atoms with E-state index in [1.165, 1.54) is 24.5 Å². The summed E-state index contributed by atoms with van der Waals surface area (Å²) in [4.78, 5) is 7.98. The molecule has 0 saturated carbocycles. The molecule has 0 saturated heterocycles. The van der Waals surface area contributed by atoms with Crippen molar-refractivity contribution in [3.8, 4) is 11.6 Å². The predicted molar refractivity (Wildman–Crippen MR) is 71.9 cm³/mol. The van der Waals surface area contributed by atoms with Crippen LogP contribution < -0.4 is 10.5 Å². The smallest absolute Gasteiger partial charge is 0.227 e. The molecular formula is C13H13ClFN3O. The fraction of sp³-hybridized carbons (Fsp3) is 0.231. The lowest BCUT2D eigenvalue weighted by Crippen LogP contribution is -2.02. The van der Waals surface area contributed by atoms with E-state index < -0.39 is 5.82 Å². The first-order valence-electron chi connectivity index (χ1n) is 5.84. The van der Waals surface area contributed by atoms with Crippen molar-refractivity contribution >= 4 is 17.4 Å². The van der Waals surface area contributed by atoms with E-state index >= 15 is 0 Å². The van der Waals surface area contributed by atoms with Gasteiger partial charge in [-0.05, 0) is 24.6 Å². The highest BCUT2D eigenvalue weighted by Crippen LogP contribution is 2.32. The standard InChI is InChI=1S/C13H13ClFN3O/c1-2-3-9-12(16)17-7-18-13(9)19-11-5-4-8(15)6-10(11)14/h4-7H,2-3H2,1H3,(H2,16,17,18). The Morgan fingerprint density at radius 3 is 2.84 bits per heavy atom. The summed E-state index contributed by atoms with van der Waals surface area (Å²) in [5, 5.41) is 0.180. The lowest BCUT2D eigenvalue weighted by atomic mass is 10.2. The molecule has 4 nitrogen and oxygen atoms in total. The van der Waals surface area contributed by atoms with Crippen molar-refractivity contribution in [3.05, 3.63) is 40.9 Å². The Hall–Kier alpha value is -1.88. The number of anilines is 1. The fourth-order valence-electron chi connectivity index (χ4n) is 1.64. The van der Waals surface area contributed by atoms with Crippen LogP contribution in [0.15, 0.2) is 24.5 Å². The third-order valence-corrected chi connectivity index (χ3v) is 2.84. The number of nitrogen functional groups attached to an aromatic ring is 1. The van der Waals surface area contributed by atoms with Crippen LogP contribution in [0.1, 0.15) is 18.9 Å². The zero-order chi connectivity index (χ0) is 13.8. The van der Waals surface area contributed by atoms with Crippen molar-refractivity contribution in [1.29, 1.82) is 0 Å². The van der Waals surface area contributed by atoms with Gasteiger partial charge in [0, 0.05) is 0 Å². The molecule has 1 heterocycles. The molecule has 19 heavy (non-hydrogen) atoms. The maximum absolute atomic E-state index is 13.0. The number of halogens is 2. The molecule has 1 aromatic carbocycles. The van der Waals surface area contributed by atoms with Gasteiger partial charge in [-0.2, -0.15) is 0 Å². The summed E-state index contributed by atoms with van der Waals surface area (Å²) >= 11 is 5.91. The highest BCUT2D eigenvalue weighted by molar-refractivity contribution is 6.32. The van der Waals surface area contributed by atoms with Crippen molar-refractivity contribution in [1.82, 2.24) is 9.97 Å². The second-order valence-electron chi connectivity index (χ2n) is 3.97. The molecule has 6 heteroatoms. The molecule has 0 atom stereocenters. The average molecular weight is 282 g/mol. The minimum Gasteiger partial charge on any atom is -0.437 e. The molecule has 2 N–H and O–H groups in total. The quantitative estimate of drug-likeness (QED) is 0.930. The van der Waals surface area contributed by atoms with E-state index in [4.69, 9.17) is 22.1 Å². The summed E-state index contributed by atoms with van der Waals surface area (Å²) in [5.41, 5.74) is 6.53. The van der Waals surface area contributed by atoms with Crippen LogP contribution in [-0.4, -0.2) is 9.97 Å². The Bertz CT molecular complexity index is 592. The van der Waals surface area contributed by atoms with E-state index in [0.29, 0.717) is 23.9 Å². The van der Waals surface area contributed by atoms with Gasteiger partial charge in [-0.1, -0.05) is 24.9 Å². The Morgan fingerprint density at radius 1 is 1.37 bits per heavy atom. The lowest BCUT2D eigenvalue weighted by molar-refractivity contribution is 0.453. The fourth-order valence-corrected chi connectivity index (χ4v) is 1.85. The normalized spacial score (nSPS) is 10.5. The topological polar surface area (TPSA) is 61.0 Å². The van der Waals surface area contributed by atoms with Crippen LogP contribution in [0.5, 0.6) is 11.6 Å². The van der Waals surface area contributed by atoms with Crippen molar-refractivity contribution in [2.75, 3.05) is 5.73 Å². The highest BCUT2D eigenvalue weighted by Gasteiger charge is 2.12. The molecule has 0 amide bonds. The first-order valence-corrected chi connectivity index (χ1v) is 6.22. The second-order valence-corrected chi connectivity index (χ2v) is 4.38. The first-order chi connectivity index (χ1) is 9.11. The summed E-state index contributed by atoms with van der Waals surface area (Å²) in [5.74, 6) is 0.639. The zero-order valence-corrected chi connectivity index (χ0v) is 11.1. The molecular weight excluding hydrogens is 269 g/mol. The van der Waals surface area contributed by atoms with Crippen LogP contribution in [-0.2, 0) is 6.42 Å². The summed E-state index contributed by atoms with van der Waals surface area (Å²) in [6.45, 7) is 2.01. The molecule has 0 unspecified atom stereocenters. The molecule has 0 aliphatic heterocycles. The van der Waals surface area contributed by atoms with E-state index in [0.717, 1.165) is 12.0 Å². The third kappa shape index (κ3) is 3.12. The summed E-state index contributed by atoms with van der Waals surface area (Å²) < 4.78 is 18.6. The van der Waals surface area contributed by atoms with Crippen LogP contribution in [0.3, 0.4) is 0 Å². The molecule has 100 valence electrons. The number of rotatable bonds is 4. The number of benzene rings is 1. The van der Waals surface area contributed by atoms with Gasteiger partial charge in [-0.25, -0.2) is 14.4 Å². The number of hydrogen-bond acceptors (Lipinski definition) is 4. The minimum absolute atomic E-state index is 0.180. The van der Waals surface area contributed by atoms with Gasteiger partial charge in [0.1, 0.15) is 23.7 Å². The molecule has 0 bridgehead atoms. The predicted octanol–water partition coefficient (Wildman–Crippen LogP) is 3.60. The van der Waals surface area contributed by atoms with Gasteiger partial charge < -0.3 is 10.5 Å². The van der Waals surface area contributed by atoms with Gasteiger partial charge in [0.2, 0.25) is 5.88 Å². The van der Waals surface area contributed by atoms with Gasteiger partial charge >= 0.3 is 0 Å². The summed E-state index contributed by atoms with van der Waals surface area (Å²) in [6.07, 6.45) is 2.90. The number of ether oxygens (including phenoxy) is 1. The SMILES string of the molecule is CCCc1c(N)ncnc1Oc1ccc(F)cc1Cl. The number of nitrogens with two attached hydrogens (primary N) is 1. The van der Waals surface area contributed by atoms with Gasteiger partial charge in [0.05, 0.1) is 10.6 Å². The van der Waals surface area contributed by atoms with Crippen molar-refractivity contribution in [2.24, 2.45) is 0 Å². The summed E-state index contributed by atoms with van der Waals surface area (Å²) in [6, 6.07) is 3.90. The van der Waals surface area contributed by atoms with Crippen molar-refractivity contribution in [3.63, 3.8) is 0 Å². The van der Waals surface area contributed by atoms with Gasteiger partial charge in [-0.15, -0.1) is 0 Å². The monoisotopic (exact) mass is 281 g/mol. The highest BCUT2D eigenvalue weighted by atomic mass is 35.5. The Labute approximate surface area is 115 Å². The van der Waals surface area contributed by atoms with Gasteiger partial charge in [-0.3, -0.25) is 0 Å². The number of nitrogens with zero attached hydrogens (tertiary/aromatic N) is 2. The lowest BCUT2D eigenvalue weighted by Gasteiger charge is -2.11. The van der Waals surface area contributed by atoms with Crippen LogP contribution in [0, 0.1) is 5.82 Å². The van der Waals surface area contributed by atoms with Crippen molar-refractivity contribution in [2.45, 2.75) is 19.8 Å². The van der Waals surface area contributed by atoms with E-state index in [-0.39, 0.29) is 5.02 Å². The number of hydrogen-bond donors (Lipinski definition) is 1. The van der Waals surface area contributed by atoms with Crippen LogP contribution >= 0.6 is 11.6 Å². The maximum Gasteiger partial charge on any atom is 0.227 e. The summed E-state index contributed by atoms with van der Waals surface area (Å²) in [7, 11) is 0. The molecule has 1 aromatic heterocycles. The van der Waals surface area contributed by atoms with E-state index in [1.54, 1.807) is 0 Å². The van der Waals surface area contributed by atoms with Crippen LogP contribution in [0.25, 0.3) is 0 Å². The van der Waals surface area contributed by atoms with Crippen molar-refractivity contribution < 1.29 is 9.13 Å². The van der Waals surface area contributed by atoms with Gasteiger partial charge in [0.15, 0.2) is 0 Å².